The molecule has 0 saturated carbocycles. The maximum absolute atomic E-state index is 6.03. The van der Waals surface area contributed by atoms with Crippen LogP contribution in [0.15, 0.2) is 47.6 Å². The molecule has 0 bridgehead atoms. The van der Waals surface area contributed by atoms with Crippen molar-refractivity contribution in [3.05, 3.63) is 58.1 Å². The molecule has 0 unspecified atom stereocenters. The highest BCUT2D eigenvalue weighted by Gasteiger charge is 2.14. The Labute approximate surface area is 131 Å². The second-order valence-corrected chi connectivity index (χ2v) is 6.10. The minimum atomic E-state index is 0.0315. The highest BCUT2D eigenvalue weighted by atomic mass is 35.5. The number of nitrogens with zero attached hydrogens (tertiary/aromatic N) is 2. The molecular formula is C15H13ClN4S. The second-order valence-electron chi connectivity index (χ2n) is 4.58. The van der Waals surface area contributed by atoms with Gasteiger partial charge < -0.3 is 11.5 Å². The number of hydrogen-bond donors (Lipinski definition) is 2. The molecule has 3 aromatic rings. The molecule has 0 radical (unpaired) electrons. The summed E-state index contributed by atoms with van der Waals surface area (Å²) in [5.74, 6) is 0.0315. The van der Waals surface area contributed by atoms with Crippen molar-refractivity contribution in [3.63, 3.8) is 0 Å². The molecular weight excluding hydrogens is 304 g/mol. The van der Waals surface area contributed by atoms with Crippen LogP contribution >= 0.6 is 22.9 Å². The number of nitrogens with two attached hydrogens (primary N) is 2. The Morgan fingerprint density at radius 1 is 1.24 bits per heavy atom. The van der Waals surface area contributed by atoms with Crippen LogP contribution in [0.2, 0.25) is 5.02 Å². The van der Waals surface area contributed by atoms with E-state index in [0.717, 1.165) is 27.2 Å². The zero-order valence-electron chi connectivity index (χ0n) is 11.1. The standard InChI is InChI=1S/C15H13ClN4S/c16-10-7-11-13(20-15(17)18)12(21-14(11)19-8-10)6-9-4-2-1-3-5-9/h1-5,7-8H,6H2,(H4,17,18,20). The first-order valence-corrected chi connectivity index (χ1v) is 7.53. The van der Waals surface area contributed by atoms with Gasteiger partial charge in [0.15, 0.2) is 5.96 Å². The molecule has 2 aromatic heterocycles. The molecule has 0 spiro atoms. The van der Waals surface area contributed by atoms with Gasteiger partial charge in [0.2, 0.25) is 0 Å². The number of thiophene rings is 1. The van der Waals surface area contributed by atoms with Crippen molar-refractivity contribution in [2.75, 3.05) is 0 Å². The fraction of sp³-hybridized carbons (Fsp3) is 0.0667. The highest BCUT2D eigenvalue weighted by molar-refractivity contribution is 7.19. The van der Waals surface area contributed by atoms with Crippen molar-refractivity contribution in [1.82, 2.24) is 4.98 Å². The van der Waals surface area contributed by atoms with Crippen LogP contribution in [0.3, 0.4) is 0 Å². The summed E-state index contributed by atoms with van der Waals surface area (Å²) in [6.07, 6.45) is 2.39. The van der Waals surface area contributed by atoms with Crippen LogP contribution in [0.5, 0.6) is 0 Å². The Bertz CT molecular complexity index is 807. The van der Waals surface area contributed by atoms with Gasteiger partial charge in [0, 0.05) is 22.9 Å². The molecule has 21 heavy (non-hydrogen) atoms. The summed E-state index contributed by atoms with van der Waals surface area (Å²) in [6.45, 7) is 0. The van der Waals surface area contributed by atoms with E-state index in [0.29, 0.717) is 5.02 Å². The third-order valence-corrected chi connectivity index (χ3v) is 4.31. The van der Waals surface area contributed by atoms with Crippen molar-refractivity contribution >= 4 is 44.8 Å². The van der Waals surface area contributed by atoms with Crippen molar-refractivity contribution in [2.24, 2.45) is 16.5 Å². The second kappa shape index (κ2) is 5.71. The van der Waals surface area contributed by atoms with Gasteiger partial charge in [-0.2, -0.15) is 0 Å². The topological polar surface area (TPSA) is 77.3 Å². The molecule has 0 fully saturated rings. The minimum Gasteiger partial charge on any atom is -0.370 e. The molecule has 6 heteroatoms. The lowest BCUT2D eigenvalue weighted by Crippen LogP contribution is -2.22. The lowest BCUT2D eigenvalue weighted by molar-refractivity contribution is 1.23. The molecule has 0 saturated heterocycles. The third-order valence-electron chi connectivity index (χ3n) is 3.01. The van der Waals surface area contributed by atoms with E-state index >= 15 is 0 Å². The van der Waals surface area contributed by atoms with Crippen molar-refractivity contribution < 1.29 is 0 Å². The molecule has 0 amide bonds. The van der Waals surface area contributed by atoms with Gasteiger partial charge >= 0.3 is 0 Å². The van der Waals surface area contributed by atoms with Crippen molar-refractivity contribution in [3.8, 4) is 0 Å². The van der Waals surface area contributed by atoms with E-state index in [2.05, 4.69) is 22.1 Å². The number of hydrogen-bond acceptors (Lipinski definition) is 3. The Hall–Kier alpha value is -2.11. The lowest BCUT2D eigenvalue weighted by Gasteiger charge is -2.01. The molecule has 4 nitrogen and oxygen atoms in total. The average Bonchev–Trinajstić information content (AvgIpc) is 2.77. The van der Waals surface area contributed by atoms with E-state index in [-0.39, 0.29) is 5.96 Å². The number of aliphatic imine (C=N–C) groups is 1. The normalized spacial score (nSPS) is 10.7. The summed E-state index contributed by atoms with van der Waals surface area (Å²) >= 11 is 7.61. The number of benzene rings is 1. The fourth-order valence-corrected chi connectivity index (χ4v) is 3.40. The highest BCUT2D eigenvalue weighted by Crippen LogP contribution is 2.39. The van der Waals surface area contributed by atoms with Gasteiger partial charge in [-0.3, -0.25) is 0 Å². The Morgan fingerprint density at radius 2 is 2.00 bits per heavy atom. The van der Waals surface area contributed by atoms with Gasteiger partial charge in [-0.1, -0.05) is 41.9 Å². The molecule has 3 rings (SSSR count). The first-order valence-electron chi connectivity index (χ1n) is 6.34. The van der Waals surface area contributed by atoms with E-state index in [1.54, 1.807) is 17.5 Å². The number of aromatic nitrogens is 1. The zero-order chi connectivity index (χ0) is 14.8. The first kappa shape index (κ1) is 13.9. The summed E-state index contributed by atoms with van der Waals surface area (Å²) in [6, 6.07) is 12.0. The van der Waals surface area contributed by atoms with Gasteiger partial charge in [-0.05, 0) is 11.6 Å². The molecule has 1 aromatic carbocycles. The Kier molecular flexibility index (Phi) is 3.77. The van der Waals surface area contributed by atoms with E-state index in [1.165, 1.54) is 5.56 Å². The summed E-state index contributed by atoms with van der Waals surface area (Å²) in [7, 11) is 0. The summed E-state index contributed by atoms with van der Waals surface area (Å²) in [4.78, 5) is 10.6. The zero-order valence-corrected chi connectivity index (χ0v) is 12.7. The number of pyridine rings is 1. The van der Waals surface area contributed by atoms with E-state index < -0.39 is 0 Å². The monoisotopic (exact) mass is 316 g/mol. The molecule has 0 aliphatic carbocycles. The number of halogens is 1. The molecule has 0 aliphatic rings. The Morgan fingerprint density at radius 3 is 2.71 bits per heavy atom. The smallest absolute Gasteiger partial charge is 0.191 e. The minimum absolute atomic E-state index is 0.0315. The maximum Gasteiger partial charge on any atom is 0.191 e. The van der Waals surface area contributed by atoms with Crippen LogP contribution < -0.4 is 11.5 Å². The molecule has 2 heterocycles. The summed E-state index contributed by atoms with van der Waals surface area (Å²) in [5.41, 5.74) is 13.1. The lowest BCUT2D eigenvalue weighted by atomic mass is 10.1. The van der Waals surface area contributed by atoms with Crippen LogP contribution in [0, 0.1) is 0 Å². The third kappa shape index (κ3) is 2.99. The predicted octanol–water partition coefficient (Wildman–Crippen LogP) is 3.45. The summed E-state index contributed by atoms with van der Waals surface area (Å²) in [5, 5.41) is 1.45. The van der Waals surface area contributed by atoms with E-state index in [1.807, 2.05) is 24.3 Å². The SMILES string of the molecule is NC(N)=Nc1c(Cc2ccccc2)sc2ncc(Cl)cc12. The first-order chi connectivity index (χ1) is 10.1. The van der Waals surface area contributed by atoms with Crippen LogP contribution in [0.25, 0.3) is 10.2 Å². The number of rotatable bonds is 3. The Balaban J connectivity index is 2.15. The number of fused-ring (bicyclic) bond motifs is 1. The van der Waals surface area contributed by atoms with Gasteiger partial charge in [-0.25, -0.2) is 9.98 Å². The number of guanidine groups is 1. The molecule has 106 valence electrons. The van der Waals surface area contributed by atoms with Gasteiger partial charge in [0.05, 0.1) is 10.7 Å². The maximum atomic E-state index is 6.03. The van der Waals surface area contributed by atoms with Gasteiger partial charge in [0.25, 0.3) is 0 Å². The fourth-order valence-electron chi connectivity index (χ4n) is 2.15. The van der Waals surface area contributed by atoms with Crippen LogP contribution in [-0.4, -0.2) is 10.9 Å². The van der Waals surface area contributed by atoms with Crippen molar-refractivity contribution in [2.45, 2.75) is 6.42 Å². The van der Waals surface area contributed by atoms with Crippen molar-refractivity contribution in [1.29, 1.82) is 0 Å². The molecule has 0 aliphatic heterocycles. The van der Waals surface area contributed by atoms with E-state index in [9.17, 15) is 0 Å². The van der Waals surface area contributed by atoms with Gasteiger partial charge in [0.1, 0.15) is 4.83 Å². The van der Waals surface area contributed by atoms with E-state index in [4.69, 9.17) is 23.1 Å². The quantitative estimate of drug-likeness (QED) is 0.574. The molecule has 4 N–H and O–H groups in total. The predicted molar refractivity (Wildman–Crippen MR) is 89.3 cm³/mol. The largest absolute Gasteiger partial charge is 0.370 e. The average molecular weight is 317 g/mol. The van der Waals surface area contributed by atoms with Crippen LogP contribution in [0.4, 0.5) is 5.69 Å². The molecule has 0 atom stereocenters. The van der Waals surface area contributed by atoms with Gasteiger partial charge in [-0.15, -0.1) is 11.3 Å². The van der Waals surface area contributed by atoms with Crippen LogP contribution in [-0.2, 0) is 6.42 Å². The van der Waals surface area contributed by atoms with Crippen LogP contribution in [0.1, 0.15) is 10.4 Å². The summed E-state index contributed by atoms with van der Waals surface area (Å²) < 4.78 is 0.